The van der Waals surface area contributed by atoms with Gasteiger partial charge in [0.15, 0.2) is 0 Å². The lowest BCUT2D eigenvalue weighted by Crippen LogP contribution is -2.60. The summed E-state index contributed by atoms with van der Waals surface area (Å²) < 4.78 is 0. The Morgan fingerprint density at radius 3 is 2.35 bits per heavy atom. The fourth-order valence-corrected chi connectivity index (χ4v) is 3.93. The van der Waals surface area contributed by atoms with Gasteiger partial charge in [-0.15, -0.1) is 0 Å². The molecule has 0 aromatic heterocycles. The van der Waals surface area contributed by atoms with Gasteiger partial charge in [-0.1, -0.05) is 26.7 Å². The van der Waals surface area contributed by atoms with Crippen LogP contribution in [0.3, 0.4) is 0 Å². The molecule has 2 heteroatoms. The third-order valence-corrected chi connectivity index (χ3v) is 5.66. The van der Waals surface area contributed by atoms with Gasteiger partial charge in [0.2, 0.25) is 0 Å². The zero-order valence-corrected chi connectivity index (χ0v) is 11.9. The molecule has 2 aliphatic rings. The number of fused-ring (bicyclic) bond motifs is 2. The van der Waals surface area contributed by atoms with Crippen LogP contribution in [0, 0.1) is 17.8 Å². The normalized spacial score (nSPS) is 35.3. The summed E-state index contributed by atoms with van der Waals surface area (Å²) in [5, 5.41) is 0. The average molecular weight is 238 g/mol. The Morgan fingerprint density at radius 1 is 1.29 bits per heavy atom. The van der Waals surface area contributed by atoms with E-state index in [9.17, 15) is 0 Å². The van der Waals surface area contributed by atoms with E-state index in [2.05, 4.69) is 25.7 Å². The molecule has 2 fully saturated rings. The van der Waals surface area contributed by atoms with Gasteiger partial charge in [0, 0.05) is 25.2 Å². The Hall–Kier alpha value is -0.0800. The van der Waals surface area contributed by atoms with Crippen LogP contribution in [0.1, 0.15) is 52.9 Å². The van der Waals surface area contributed by atoms with E-state index in [1.54, 1.807) is 0 Å². The molecule has 0 amide bonds. The van der Waals surface area contributed by atoms with Crippen molar-refractivity contribution in [2.24, 2.45) is 23.5 Å². The Balaban J connectivity index is 2.09. The minimum atomic E-state index is 0.225. The monoisotopic (exact) mass is 238 g/mol. The maximum absolute atomic E-state index is 6.12. The molecular weight excluding hydrogens is 208 g/mol. The highest BCUT2D eigenvalue weighted by molar-refractivity contribution is 4.96. The van der Waals surface area contributed by atoms with E-state index in [1.807, 2.05) is 0 Å². The van der Waals surface area contributed by atoms with Crippen LogP contribution >= 0.6 is 0 Å². The summed E-state index contributed by atoms with van der Waals surface area (Å²) in [5.74, 6) is 2.61. The van der Waals surface area contributed by atoms with Crippen molar-refractivity contribution in [3.8, 4) is 0 Å². The lowest BCUT2D eigenvalue weighted by atomic mass is 9.74. The van der Waals surface area contributed by atoms with Crippen LogP contribution in [0.4, 0.5) is 0 Å². The van der Waals surface area contributed by atoms with Crippen molar-refractivity contribution in [3.05, 3.63) is 0 Å². The van der Waals surface area contributed by atoms with E-state index in [-0.39, 0.29) is 5.54 Å². The maximum Gasteiger partial charge on any atom is 0.0329 e. The highest BCUT2D eigenvalue weighted by atomic mass is 15.2. The topological polar surface area (TPSA) is 29.3 Å². The number of hydrogen-bond acceptors (Lipinski definition) is 2. The van der Waals surface area contributed by atoms with Crippen molar-refractivity contribution in [2.45, 2.75) is 58.4 Å². The first kappa shape index (κ1) is 13.4. The summed E-state index contributed by atoms with van der Waals surface area (Å²) in [7, 11) is 0. The predicted octanol–water partition coefficient (Wildman–Crippen LogP) is 2.87. The van der Waals surface area contributed by atoms with Gasteiger partial charge in [0.25, 0.3) is 0 Å². The standard InChI is InChI=1S/C15H30N2/c1-4-12(2)15(3,11-16)17-9-13-6-5-7-14(8-13)10-17/h12-14H,4-11,16H2,1-3H3. The van der Waals surface area contributed by atoms with Gasteiger partial charge in [-0.25, -0.2) is 0 Å². The van der Waals surface area contributed by atoms with Crippen molar-refractivity contribution < 1.29 is 0 Å². The van der Waals surface area contributed by atoms with E-state index in [0.29, 0.717) is 5.92 Å². The molecular formula is C15H30N2. The molecule has 1 saturated heterocycles. The molecule has 1 aliphatic heterocycles. The number of nitrogens with two attached hydrogens (primary N) is 1. The van der Waals surface area contributed by atoms with Crippen LogP contribution < -0.4 is 5.73 Å². The first-order chi connectivity index (χ1) is 8.10. The second-order valence-corrected chi connectivity index (χ2v) is 6.67. The smallest absolute Gasteiger partial charge is 0.0329 e. The molecule has 1 aliphatic carbocycles. The third kappa shape index (κ3) is 2.53. The molecule has 0 radical (unpaired) electrons. The first-order valence-corrected chi connectivity index (χ1v) is 7.55. The van der Waals surface area contributed by atoms with Crippen LogP contribution in [0.25, 0.3) is 0 Å². The predicted molar refractivity (Wildman–Crippen MR) is 73.9 cm³/mol. The van der Waals surface area contributed by atoms with Gasteiger partial charge in [-0.2, -0.15) is 0 Å². The van der Waals surface area contributed by atoms with Crippen molar-refractivity contribution >= 4 is 0 Å². The SMILES string of the molecule is CCC(C)C(C)(CN)N1CC2CCCC(C2)C1. The van der Waals surface area contributed by atoms with E-state index < -0.39 is 0 Å². The summed E-state index contributed by atoms with van der Waals surface area (Å²) in [6, 6.07) is 0. The Labute approximate surface area is 107 Å². The highest BCUT2D eigenvalue weighted by Crippen LogP contribution is 2.39. The van der Waals surface area contributed by atoms with Crippen molar-refractivity contribution in [1.29, 1.82) is 0 Å². The molecule has 2 nitrogen and oxygen atoms in total. The summed E-state index contributed by atoms with van der Waals surface area (Å²) in [6.07, 6.45) is 7.09. The summed E-state index contributed by atoms with van der Waals surface area (Å²) in [5.41, 5.74) is 6.35. The van der Waals surface area contributed by atoms with E-state index in [0.717, 1.165) is 18.4 Å². The molecule has 2 rings (SSSR count). The van der Waals surface area contributed by atoms with Gasteiger partial charge in [0.05, 0.1) is 0 Å². The molecule has 0 aromatic carbocycles. The summed E-state index contributed by atoms with van der Waals surface area (Å²) in [4.78, 5) is 2.74. The minimum absolute atomic E-state index is 0.225. The van der Waals surface area contributed by atoms with E-state index >= 15 is 0 Å². The molecule has 17 heavy (non-hydrogen) atoms. The minimum Gasteiger partial charge on any atom is -0.329 e. The summed E-state index contributed by atoms with van der Waals surface area (Å²) in [6.45, 7) is 10.5. The molecule has 0 spiro atoms. The number of hydrogen-bond donors (Lipinski definition) is 1. The maximum atomic E-state index is 6.12. The second-order valence-electron chi connectivity index (χ2n) is 6.67. The second kappa shape index (κ2) is 5.27. The fraction of sp³-hybridized carbons (Fsp3) is 1.00. The number of nitrogens with zero attached hydrogens (tertiary/aromatic N) is 1. The Morgan fingerprint density at radius 2 is 1.88 bits per heavy atom. The van der Waals surface area contributed by atoms with E-state index in [4.69, 9.17) is 5.73 Å². The van der Waals surface area contributed by atoms with Gasteiger partial charge >= 0.3 is 0 Å². The van der Waals surface area contributed by atoms with Crippen molar-refractivity contribution in [3.63, 3.8) is 0 Å². The quantitative estimate of drug-likeness (QED) is 0.816. The summed E-state index contributed by atoms with van der Waals surface area (Å²) >= 11 is 0. The molecule has 4 atom stereocenters. The fourth-order valence-electron chi connectivity index (χ4n) is 3.93. The van der Waals surface area contributed by atoms with Gasteiger partial charge in [0.1, 0.15) is 0 Å². The van der Waals surface area contributed by atoms with Crippen LogP contribution in [-0.2, 0) is 0 Å². The van der Waals surface area contributed by atoms with Crippen molar-refractivity contribution in [2.75, 3.05) is 19.6 Å². The average Bonchev–Trinajstić information content (AvgIpc) is 2.36. The Bertz CT molecular complexity index is 241. The number of piperidine rings is 1. The molecule has 4 unspecified atom stereocenters. The van der Waals surface area contributed by atoms with Crippen LogP contribution in [0.5, 0.6) is 0 Å². The first-order valence-electron chi connectivity index (χ1n) is 7.55. The lowest BCUT2D eigenvalue weighted by Gasteiger charge is -2.52. The zero-order chi connectivity index (χ0) is 12.5. The zero-order valence-electron chi connectivity index (χ0n) is 11.9. The molecule has 2 bridgehead atoms. The largest absolute Gasteiger partial charge is 0.329 e. The van der Waals surface area contributed by atoms with Gasteiger partial charge in [-0.3, -0.25) is 4.90 Å². The highest BCUT2D eigenvalue weighted by Gasteiger charge is 2.41. The van der Waals surface area contributed by atoms with Crippen LogP contribution in [0.15, 0.2) is 0 Å². The lowest BCUT2D eigenvalue weighted by molar-refractivity contribution is -0.0170. The molecule has 0 aromatic rings. The molecule has 2 N–H and O–H groups in total. The molecule has 100 valence electrons. The van der Waals surface area contributed by atoms with Crippen molar-refractivity contribution in [1.82, 2.24) is 4.90 Å². The number of rotatable bonds is 4. The molecule has 1 heterocycles. The Kier molecular flexibility index (Phi) is 4.14. The number of likely N-dealkylation sites (tertiary alicyclic amines) is 1. The third-order valence-electron chi connectivity index (χ3n) is 5.66. The van der Waals surface area contributed by atoms with E-state index in [1.165, 1.54) is 45.2 Å². The van der Waals surface area contributed by atoms with Gasteiger partial charge < -0.3 is 5.73 Å². The molecule has 1 saturated carbocycles. The van der Waals surface area contributed by atoms with Gasteiger partial charge in [-0.05, 0) is 43.9 Å². The van der Waals surface area contributed by atoms with Crippen LogP contribution in [0.2, 0.25) is 0 Å². The van der Waals surface area contributed by atoms with Crippen LogP contribution in [-0.4, -0.2) is 30.1 Å².